The largest absolute Gasteiger partial charge is 0.345 e. The lowest BCUT2D eigenvalue weighted by molar-refractivity contribution is 1.37. The van der Waals surface area contributed by atoms with E-state index in [0.717, 1.165) is 10.9 Å². The first kappa shape index (κ1) is 7.20. The minimum Gasteiger partial charge on any atom is -0.345 e. The van der Waals surface area contributed by atoms with Gasteiger partial charge in [0.2, 0.25) is 0 Å². The van der Waals surface area contributed by atoms with E-state index in [1.54, 1.807) is 0 Å². The Kier molecular flexibility index (Phi) is 1.53. The summed E-state index contributed by atoms with van der Waals surface area (Å²) in [6, 6.07) is 9.56. The Morgan fingerprint density at radius 3 is 2.75 bits per heavy atom. The van der Waals surface area contributed by atoms with Crippen LogP contribution in [0.2, 0.25) is 5.02 Å². The Morgan fingerprint density at radius 1 is 1.33 bits per heavy atom. The molecule has 1 aromatic heterocycles. The van der Waals surface area contributed by atoms with Crippen LogP contribution in [0.15, 0.2) is 24.3 Å². The van der Waals surface area contributed by atoms with E-state index in [1.807, 2.05) is 30.3 Å². The molecule has 0 amide bonds. The van der Waals surface area contributed by atoms with Gasteiger partial charge in [0, 0.05) is 10.9 Å². The number of hydrogen-bond acceptors (Lipinski definition) is 1. The number of H-pyrrole nitrogens is 1. The first-order chi connectivity index (χ1) is 5.83. The molecule has 0 atom stereocenters. The van der Waals surface area contributed by atoms with Crippen LogP contribution in [0.5, 0.6) is 0 Å². The van der Waals surface area contributed by atoms with Gasteiger partial charge in [0.15, 0.2) is 0 Å². The Morgan fingerprint density at radius 2 is 2.08 bits per heavy atom. The maximum Gasteiger partial charge on any atom is 0.137 e. The fraction of sp³-hybridized carbons (Fsp3) is 0. The highest BCUT2D eigenvalue weighted by molar-refractivity contribution is 6.36. The second-order valence-corrected chi connectivity index (χ2v) is 2.85. The molecule has 0 aliphatic carbocycles. The summed E-state index contributed by atoms with van der Waals surface area (Å²) in [5.41, 5.74) is 1.33. The van der Waals surface area contributed by atoms with Crippen LogP contribution >= 0.6 is 11.6 Å². The molecule has 0 aliphatic rings. The lowest BCUT2D eigenvalue weighted by Gasteiger charge is -1.85. The van der Waals surface area contributed by atoms with Crippen molar-refractivity contribution in [2.75, 3.05) is 0 Å². The molecular formula is C9H5ClN2. The van der Waals surface area contributed by atoms with Crippen molar-refractivity contribution in [3.05, 3.63) is 35.0 Å². The molecule has 2 nitrogen and oxygen atoms in total. The second kappa shape index (κ2) is 2.54. The standard InChI is InChI=1S/C9H5ClN2/c10-9-6-3-1-2-4-7(6)12-8(9)5-11/h1-4,12H. The quantitative estimate of drug-likeness (QED) is 0.659. The molecule has 0 aliphatic heterocycles. The molecule has 58 valence electrons. The van der Waals surface area contributed by atoms with Crippen LogP contribution in [-0.4, -0.2) is 4.98 Å². The minimum absolute atomic E-state index is 0.429. The van der Waals surface area contributed by atoms with Gasteiger partial charge in [0.25, 0.3) is 0 Å². The van der Waals surface area contributed by atoms with Crippen molar-refractivity contribution in [3.63, 3.8) is 0 Å². The van der Waals surface area contributed by atoms with Gasteiger partial charge in [0.1, 0.15) is 11.8 Å². The lowest BCUT2D eigenvalue weighted by atomic mass is 10.2. The van der Waals surface area contributed by atoms with Crippen molar-refractivity contribution in [2.45, 2.75) is 0 Å². The minimum atomic E-state index is 0.429. The van der Waals surface area contributed by atoms with Crippen LogP contribution in [0.1, 0.15) is 5.69 Å². The summed E-state index contributed by atoms with van der Waals surface area (Å²) >= 11 is 5.90. The van der Waals surface area contributed by atoms with E-state index in [4.69, 9.17) is 16.9 Å². The van der Waals surface area contributed by atoms with E-state index in [-0.39, 0.29) is 0 Å². The Labute approximate surface area is 74.4 Å². The third kappa shape index (κ3) is 0.876. The smallest absolute Gasteiger partial charge is 0.137 e. The van der Waals surface area contributed by atoms with E-state index >= 15 is 0 Å². The molecule has 2 rings (SSSR count). The van der Waals surface area contributed by atoms with Crippen molar-refractivity contribution in [1.82, 2.24) is 4.98 Å². The maximum atomic E-state index is 8.65. The Hall–Kier alpha value is -1.46. The fourth-order valence-corrected chi connectivity index (χ4v) is 1.44. The zero-order valence-electron chi connectivity index (χ0n) is 6.13. The SMILES string of the molecule is N#Cc1[nH]c2ccccc2c1Cl. The summed E-state index contributed by atoms with van der Waals surface area (Å²) in [5.74, 6) is 0. The number of nitrogens with one attached hydrogen (secondary N) is 1. The van der Waals surface area contributed by atoms with Crippen LogP contribution in [-0.2, 0) is 0 Å². The highest BCUT2D eigenvalue weighted by atomic mass is 35.5. The van der Waals surface area contributed by atoms with Gasteiger partial charge in [-0.1, -0.05) is 29.8 Å². The summed E-state index contributed by atoms with van der Waals surface area (Å²) in [6.45, 7) is 0. The highest BCUT2D eigenvalue weighted by Gasteiger charge is 2.06. The summed E-state index contributed by atoms with van der Waals surface area (Å²) in [5, 5.41) is 10.1. The topological polar surface area (TPSA) is 39.6 Å². The lowest BCUT2D eigenvalue weighted by Crippen LogP contribution is -1.69. The van der Waals surface area contributed by atoms with E-state index in [1.165, 1.54) is 0 Å². The fourth-order valence-electron chi connectivity index (χ4n) is 1.18. The molecule has 0 saturated carbocycles. The van der Waals surface area contributed by atoms with Gasteiger partial charge in [-0.2, -0.15) is 5.26 Å². The molecule has 0 spiro atoms. The van der Waals surface area contributed by atoms with E-state index in [0.29, 0.717) is 10.7 Å². The van der Waals surface area contributed by atoms with Crippen LogP contribution in [0.4, 0.5) is 0 Å². The molecule has 0 unspecified atom stereocenters. The van der Waals surface area contributed by atoms with Crippen LogP contribution < -0.4 is 0 Å². The molecule has 0 fully saturated rings. The zero-order chi connectivity index (χ0) is 8.55. The Bertz CT molecular complexity index is 465. The predicted octanol–water partition coefficient (Wildman–Crippen LogP) is 2.69. The zero-order valence-corrected chi connectivity index (χ0v) is 6.89. The number of hydrogen-bond donors (Lipinski definition) is 1. The maximum absolute atomic E-state index is 8.65. The predicted molar refractivity (Wildman–Crippen MR) is 48.0 cm³/mol. The average Bonchev–Trinajstić information content (AvgIpc) is 2.44. The number of aromatic nitrogens is 1. The van der Waals surface area contributed by atoms with Crippen molar-refractivity contribution in [3.8, 4) is 6.07 Å². The molecule has 1 aromatic carbocycles. The number of rotatable bonds is 0. The number of aromatic amines is 1. The summed E-state index contributed by atoms with van der Waals surface area (Å²) in [6.07, 6.45) is 0. The normalized spacial score (nSPS) is 10.0. The van der Waals surface area contributed by atoms with Gasteiger partial charge in [-0.25, -0.2) is 0 Å². The number of nitriles is 1. The monoisotopic (exact) mass is 176 g/mol. The molecule has 0 saturated heterocycles. The number of para-hydroxylation sites is 1. The number of halogens is 1. The second-order valence-electron chi connectivity index (χ2n) is 2.47. The summed E-state index contributed by atoms with van der Waals surface area (Å²) in [7, 11) is 0. The van der Waals surface area contributed by atoms with Gasteiger partial charge in [-0.15, -0.1) is 0 Å². The van der Waals surface area contributed by atoms with Crippen molar-refractivity contribution >= 4 is 22.5 Å². The van der Waals surface area contributed by atoms with Gasteiger partial charge >= 0.3 is 0 Å². The number of nitrogens with zero attached hydrogens (tertiary/aromatic N) is 1. The third-order valence-corrected chi connectivity index (χ3v) is 2.15. The van der Waals surface area contributed by atoms with E-state index in [2.05, 4.69) is 4.98 Å². The number of fused-ring (bicyclic) bond motifs is 1. The van der Waals surface area contributed by atoms with E-state index in [9.17, 15) is 0 Å². The molecule has 1 N–H and O–H groups in total. The summed E-state index contributed by atoms with van der Waals surface area (Å²) in [4.78, 5) is 2.92. The first-order valence-corrected chi connectivity index (χ1v) is 3.87. The Balaban J connectivity index is 2.90. The van der Waals surface area contributed by atoms with Gasteiger partial charge in [-0.3, -0.25) is 0 Å². The molecule has 1 heterocycles. The number of benzene rings is 1. The molecular weight excluding hydrogens is 172 g/mol. The molecule has 0 radical (unpaired) electrons. The van der Waals surface area contributed by atoms with Crippen molar-refractivity contribution < 1.29 is 0 Å². The third-order valence-electron chi connectivity index (χ3n) is 1.75. The van der Waals surface area contributed by atoms with Crippen molar-refractivity contribution in [2.24, 2.45) is 0 Å². The first-order valence-electron chi connectivity index (χ1n) is 3.49. The van der Waals surface area contributed by atoms with Crippen LogP contribution in [0.25, 0.3) is 10.9 Å². The van der Waals surface area contributed by atoms with Gasteiger partial charge < -0.3 is 4.98 Å². The van der Waals surface area contributed by atoms with Gasteiger partial charge in [0.05, 0.1) is 5.02 Å². The molecule has 2 aromatic rings. The van der Waals surface area contributed by atoms with Crippen LogP contribution in [0, 0.1) is 11.3 Å². The molecule has 12 heavy (non-hydrogen) atoms. The molecule has 3 heteroatoms. The average molecular weight is 177 g/mol. The molecule has 0 bridgehead atoms. The summed E-state index contributed by atoms with van der Waals surface area (Å²) < 4.78 is 0. The van der Waals surface area contributed by atoms with Gasteiger partial charge in [-0.05, 0) is 6.07 Å². The highest BCUT2D eigenvalue weighted by Crippen LogP contribution is 2.26. The van der Waals surface area contributed by atoms with E-state index < -0.39 is 0 Å². The van der Waals surface area contributed by atoms with Crippen molar-refractivity contribution in [1.29, 1.82) is 5.26 Å². The van der Waals surface area contributed by atoms with Crippen LogP contribution in [0.3, 0.4) is 0 Å².